The standard InChI is InChI=1S/C17H27NO/c1-12-10-14-13(11-15(12)19-5)6-7-16(2,3)17(14,4)8-9-18/h10-11H,6-9,18H2,1-5H3/t17-/m1/s1. The number of methoxy groups -OCH3 is 1. The quantitative estimate of drug-likeness (QED) is 0.902. The summed E-state index contributed by atoms with van der Waals surface area (Å²) in [4.78, 5) is 0. The second-order valence-corrected chi connectivity index (χ2v) is 6.73. The van der Waals surface area contributed by atoms with Crippen LogP contribution in [0.25, 0.3) is 0 Å². The van der Waals surface area contributed by atoms with E-state index in [2.05, 4.69) is 39.8 Å². The molecule has 0 amide bonds. The van der Waals surface area contributed by atoms with Gasteiger partial charge in [0.1, 0.15) is 5.75 Å². The molecule has 2 N–H and O–H groups in total. The van der Waals surface area contributed by atoms with Gasteiger partial charge in [-0.25, -0.2) is 0 Å². The number of hydrogen-bond acceptors (Lipinski definition) is 2. The Bertz CT molecular complexity index is 478. The first kappa shape index (κ1) is 14.4. The molecule has 0 aliphatic heterocycles. The van der Waals surface area contributed by atoms with Crippen LogP contribution in [0.3, 0.4) is 0 Å². The molecule has 0 aromatic heterocycles. The summed E-state index contributed by atoms with van der Waals surface area (Å²) in [6.45, 7) is 10.0. The first-order valence-electron chi connectivity index (χ1n) is 7.24. The second kappa shape index (κ2) is 4.82. The molecule has 0 fully saturated rings. The average Bonchev–Trinajstić information content (AvgIpc) is 2.35. The molecule has 0 spiro atoms. The molecular weight excluding hydrogens is 234 g/mol. The van der Waals surface area contributed by atoms with E-state index in [4.69, 9.17) is 10.5 Å². The lowest BCUT2D eigenvalue weighted by molar-refractivity contribution is 0.138. The molecule has 106 valence electrons. The van der Waals surface area contributed by atoms with Crippen LogP contribution in [0.2, 0.25) is 0 Å². The van der Waals surface area contributed by atoms with Crippen molar-refractivity contribution in [2.45, 2.75) is 52.4 Å². The summed E-state index contributed by atoms with van der Waals surface area (Å²) in [5.41, 5.74) is 10.5. The number of rotatable bonds is 3. The minimum atomic E-state index is 0.159. The molecule has 0 radical (unpaired) electrons. The van der Waals surface area contributed by atoms with Crippen molar-refractivity contribution in [3.8, 4) is 5.75 Å². The van der Waals surface area contributed by atoms with Gasteiger partial charge in [-0.15, -0.1) is 0 Å². The van der Waals surface area contributed by atoms with Crippen LogP contribution in [-0.2, 0) is 11.8 Å². The fourth-order valence-corrected chi connectivity index (χ4v) is 3.52. The van der Waals surface area contributed by atoms with Gasteiger partial charge in [0.05, 0.1) is 7.11 Å². The van der Waals surface area contributed by atoms with Crippen molar-refractivity contribution in [3.05, 3.63) is 28.8 Å². The highest BCUT2D eigenvalue weighted by Gasteiger charge is 2.45. The number of nitrogens with two attached hydrogens (primary N) is 1. The first-order chi connectivity index (χ1) is 8.85. The summed E-state index contributed by atoms with van der Waals surface area (Å²) in [6, 6.07) is 4.55. The van der Waals surface area contributed by atoms with Crippen molar-refractivity contribution in [2.24, 2.45) is 11.1 Å². The summed E-state index contributed by atoms with van der Waals surface area (Å²) < 4.78 is 5.47. The lowest BCUT2D eigenvalue weighted by Crippen LogP contribution is -2.44. The maximum absolute atomic E-state index is 5.89. The monoisotopic (exact) mass is 261 g/mol. The molecule has 2 rings (SSSR count). The molecular formula is C17H27NO. The topological polar surface area (TPSA) is 35.2 Å². The zero-order valence-electron chi connectivity index (χ0n) is 13.0. The molecule has 0 saturated heterocycles. The summed E-state index contributed by atoms with van der Waals surface area (Å²) >= 11 is 0. The molecule has 0 bridgehead atoms. The maximum atomic E-state index is 5.89. The van der Waals surface area contributed by atoms with Crippen LogP contribution in [0.1, 0.15) is 50.3 Å². The lowest BCUT2D eigenvalue weighted by Gasteiger charge is -2.49. The van der Waals surface area contributed by atoms with E-state index in [9.17, 15) is 0 Å². The molecule has 0 saturated carbocycles. The van der Waals surface area contributed by atoms with Crippen molar-refractivity contribution in [3.63, 3.8) is 0 Å². The van der Waals surface area contributed by atoms with Gasteiger partial charge in [0.2, 0.25) is 0 Å². The van der Waals surface area contributed by atoms with E-state index in [0.29, 0.717) is 5.41 Å². The fraction of sp³-hybridized carbons (Fsp3) is 0.647. The van der Waals surface area contributed by atoms with Crippen molar-refractivity contribution >= 4 is 0 Å². The maximum Gasteiger partial charge on any atom is 0.122 e. The summed E-state index contributed by atoms with van der Waals surface area (Å²) in [7, 11) is 1.75. The van der Waals surface area contributed by atoms with Gasteiger partial charge in [0, 0.05) is 0 Å². The van der Waals surface area contributed by atoms with Crippen molar-refractivity contribution in [1.82, 2.24) is 0 Å². The molecule has 1 aliphatic carbocycles. The normalized spacial score (nSPS) is 24.9. The molecule has 19 heavy (non-hydrogen) atoms. The Hall–Kier alpha value is -1.02. The predicted octanol–water partition coefficient (Wildman–Crippen LogP) is 3.58. The van der Waals surface area contributed by atoms with Crippen molar-refractivity contribution < 1.29 is 4.74 Å². The van der Waals surface area contributed by atoms with Crippen LogP contribution in [0.4, 0.5) is 0 Å². The average molecular weight is 261 g/mol. The largest absolute Gasteiger partial charge is 0.496 e. The second-order valence-electron chi connectivity index (χ2n) is 6.73. The molecule has 1 aliphatic rings. The third-order valence-corrected chi connectivity index (χ3v) is 5.37. The Kier molecular flexibility index (Phi) is 3.65. The molecule has 0 heterocycles. The highest BCUT2D eigenvalue weighted by Crippen LogP contribution is 2.52. The van der Waals surface area contributed by atoms with Crippen molar-refractivity contribution in [2.75, 3.05) is 13.7 Å². The predicted molar refractivity (Wildman–Crippen MR) is 80.9 cm³/mol. The Labute approximate surface area is 117 Å². The first-order valence-corrected chi connectivity index (χ1v) is 7.24. The van der Waals surface area contributed by atoms with Gasteiger partial charge < -0.3 is 10.5 Å². The number of fused-ring (bicyclic) bond motifs is 1. The van der Waals surface area contributed by atoms with E-state index >= 15 is 0 Å². The molecule has 1 aromatic carbocycles. The van der Waals surface area contributed by atoms with Crippen LogP contribution < -0.4 is 10.5 Å². The number of hydrogen-bond donors (Lipinski definition) is 1. The Morgan fingerprint density at radius 3 is 2.53 bits per heavy atom. The third kappa shape index (κ3) is 2.16. The molecule has 2 heteroatoms. The minimum absolute atomic E-state index is 0.159. The summed E-state index contributed by atoms with van der Waals surface area (Å²) in [6.07, 6.45) is 3.39. The van der Waals surface area contributed by atoms with Gasteiger partial charge in [-0.2, -0.15) is 0 Å². The van der Waals surface area contributed by atoms with Gasteiger partial charge in [-0.3, -0.25) is 0 Å². The molecule has 2 nitrogen and oxygen atoms in total. The van der Waals surface area contributed by atoms with E-state index < -0.39 is 0 Å². The third-order valence-electron chi connectivity index (χ3n) is 5.37. The van der Waals surface area contributed by atoms with Gasteiger partial charge in [-0.05, 0) is 66.3 Å². The Morgan fingerprint density at radius 1 is 1.26 bits per heavy atom. The Morgan fingerprint density at radius 2 is 1.95 bits per heavy atom. The summed E-state index contributed by atoms with van der Waals surface area (Å²) in [5.74, 6) is 1.01. The van der Waals surface area contributed by atoms with E-state index in [-0.39, 0.29) is 5.41 Å². The number of benzene rings is 1. The molecule has 0 unspecified atom stereocenters. The van der Waals surface area contributed by atoms with E-state index in [1.165, 1.54) is 23.1 Å². The molecule has 1 aromatic rings. The van der Waals surface area contributed by atoms with Gasteiger partial charge >= 0.3 is 0 Å². The zero-order chi connectivity index (χ0) is 14.3. The van der Waals surface area contributed by atoms with Crippen LogP contribution in [0, 0.1) is 12.3 Å². The minimum Gasteiger partial charge on any atom is -0.496 e. The van der Waals surface area contributed by atoms with Gasteiger partial charge in [0.25, 0.3) is 0 Å². The van der Waals surface area contributed by atoms with Crippen LogP contribution in [0.5, 0.6) is 5.75 Å². The SMILES string of the molecule is COc1cc2c(cc1C)[C@@](C)(CCN)C(C)(C)CC2. The Balaban J connectivity index is 2.60. The fourth-order valence-electron chi connectivity index (χ4n) is 3.52. The molecule has 1 atom stereocenters. The van der Waals surface area contributed by atoms with Gasteiger partial charge in [0.15, 0.2) is 0 Å². The number of ether oxygens (including phenoxy) is 1. The number of aryl methyl sites for hydroxylation is 2. The highest BCUT2D eigenvalue weighted by atomic mass is 16.5. The van der Waals surface area contributed by atoms with E-state index in [0.717, 1.165) is 25.1 Å². The van der Waals surface area contributed by atoms with Crippen LogP contribution in [0.15, 0.2) is 12.1 Å². The summed E-state index contributed by atoms with van der Waals surface area (Å²) in [5, 5.41) is 0. The van der Waals surface area contributed by atoms with E-state index in [1.54, 1.807) is 7.11 Å². The highest BCUT2D eigenvalue weighted by molar-refractivity contribution is 5.47. The van der Waals surface area contributed by atoms with E-state index in [1.807, 2.05) is 0 Å². The smallest absolute Gasteiger partial charge is 0.122 e. The zero-order valence-corrected chi connectivity index (χ0v) is 13.0. The van der Waals surface area contributed by atoms with Gasteiger partial charge in [-0.1, -0.05) is 26.8 Å². The van der Waals surface area contributed by atoms with Crippen LogP contribution >= 0.6 is 0 Å². The lowest BCUT2D eigenvalue weighted by atomic mass is 9.55. The van der Waals surface area contributed by atoms with Crippen molar-refractivity contribution in [1.29, 1.82) is 0 Å². The van der Waals surface area contributed by atoms with Crippen LogP contribution in [-0.4, -0.2) is 13.7 Å².